The van der Waals surface area contributed by atoms with Crippen LogP contribution in [0.25, 0.3) is 0 Å². The molecule has 1 fully saturated rings. The Kier molecular flexibility index (Phi) is 4.63. The molecule has 0 aromatic heterocycles. The van der Waals surface area contributed by atoms with Gasteiger partial charge in [-0.05, 0) is 30.6 Å². The van der Waals surface area contributed by atoms with E-state index in [1.54, 1.807) is 0 Å². The molecule has 0 aromatic rings. The first kappa shape index (κ1) is 13.3. The fourth-order valence-corrected chi connectivity index (χ4v) is 2.03. The van der Waals surface area contributed by atoms with Crippen LogP contribution in [0.3, 0.4) is 0 Å². The number of guanidine groups is 1. The summed E-state index contributed by atoms with van der Waals surface area (Å²) in [6.07, 6.45) is 3.73. The van der Waals surface area contributed by atoms with E-state index in [-0.39, 0.29) is 0 Å². The Hall–Kier alpha value is -0.730. The first-order chi connectivity index (χ1) is 7.41. The lowest BCUT2D eigenvalue weighted by Gasteiger charge is -2.24. The molecule has 0 amide bonds. The zero-order chi connectivity index (χ0) is 12.2. The average Bonchev–Trinajstić information content (AvgIpc) is 2.35. The van der Waals surface area contributed by atoms with E-state index in [0.717, 1.165) is 25.6 Å². The lowest BCUT2D eigenvalue weighted by molar-refractivity contribution is 0.313. The van der Waals surface area contributed by atoms with E-state index in [1.807, 2.05) is 0 Å². The van der Waals surface area contributed by atoms with Gasteiger partial charge in [-0.25, -0.2) is 0 Å². The molecule has 1 rings (SSSR count). The maximum atomic E-state index is 6.03. The Morgan fingerprint density at radius 3 is 2.62 bits per heavy atom. The van der Waals surface area contributed by atoms with Crippen molar-refractivity contribution in [3.63, 3.8) is 0 Å². The molecule has 0 bridgehead atoms. The molecule has 1 aliphatic rings. The lowest BCUT2D eigenvalue weighted by Crippen LogP contribution is -2.38. The molecule has 1 aliphatic heterocycles. The summed E-state index contributed by atoms with van der Waals surface area (Å²) in [5, 5.41) is 0. The molecule has 3 heteroatoms. The van der Waals surface area contributed by atoms with Crippen LogP contribution in [-0.2, 0) is 0 Å². The van der Waals surface area contributed by atoms with Gasteiger partial charge in [0.2, 0.25) is 0 Å². The normalized spacial score (nSPS) is 22.3. The second kappa shape index (κ2) is 5.55. The Labute approximate surface area is 100 Å². The number of nitrogens with zero attached hydrogens (tertiary/aromatic N) is 2. The van der Waals surface area contributed by atoms with E-state index < -0.39 is 0 Å². The van der Waals surface area contributed by atoms with Gasteiger partial charge in [-0.15, -0.1) is 0 Å². The van der Waals surface area contributed by atoms with Crippen LogP contribution in [0.2, 0.25) is 0 Å². The number of aliphatic imine (C=N–C) groups is 1. The highest BCUT2D eigenvalue weighted by atomic mass is 15.2. The third-order valence-corrected chi connectivity index (χ3v) is 3.28. The molecule has 3 nitrogen and oxygen atoms in total. The van der Waals surface area contributed by atoms with Crippen LogP contribution in [0.15, 0.2) is 4.99 Å². The Balaban J connectivity index is 2.51. The second-order valence-corrected chi connectivity index (χ2v) is 6.10. The van der Waals surface area contributed by atoms with Gasteiger partial charge in [0.05, 0.1) is 0 Å². The van der Waals surface area contributed by atoms with Crippen LogP contribution in [0.5, 0.6) is 0 Å². The molecule has 94 valence electrons. The van der Waals surface area contributed by atoms with Gasteiger partial charge < -0.3 is 10.6 Å². The van der Waals surface area contributed by atoms with Gasteiger partial charge in [-0.1, -0.05) is 27.7 Å². The minimum Gasteiger partial charge on any atom is -0.370 e. The summed E-state index contributed by atoms with van der Waals surface area (Å²) < 4.78 is 0. The van der Waals surface area contributed by atoms with Crippen molar-refractivity contribution in [1.82, 2.24) is 4.90 Å². The van der Waals surface area contributed by atoms with E-state index in [2.05, 4.69) is 37.6 Å². The minimum atomic E-state index is 0.465. The smallest absolute Gasteiger partial charge is 0.191 e. The van der Waals surface area contributed by atoms with Gasteiger partial charge in [0.1, 0.15) is 0 Å². The minimum absolute atomic E-state index is 0.465. The highest BCUT2D eigenvalue weighted by molar-refractivity contribution is 5.78. The molecule has 0 saturated carbocycles. The zero-order valence-corrected chi connectivity index (χ0v) is 11.3. The van der Waals surface area contributed by atoms with Crippen LogP contribution >= 0.6 is 0 Å². The SMILES string of the molecule is CC(C)CN=C(N)N1CCCC(C)(C)CC1. The van der Waals surface area contributed by atoms with Crippen molar-refractivity contribution in [2.75, 3.05) is 19.6 Å². The average molecular weight is 225 g/mol. The molecule has 1 saturated heterocycles. The summed E-state index contributed by atoms with van der Waals surface area (Å²) >= 11 is 0. The van der Waals surface area contributed by atoms with E-state index in [1.165, 1.54) is 19.3 Å². The van der Waals surface area contributed by atoms with Crippen LogP contribution in [0.4, 0.5) is 0 Å². The van der Waals surface area contributed by atoms with Crippen LogP contribution in [-0.4, -0.2) is 30.5 Å². The van der Waals surface area contributed by atoms with E-state index >= 15 is 0 Å². The predicted octanol–water partition coefficient (Wildman–Crippen LogP) is 2.47. The summed E-state index contributed by atoms with van der Waals surface area (Å²) in [4.78, 5) is 6.70. The molecule has 16 heavy (non-hydrogen) atoms. The van der Waals surface area contributed by atoms with Gasteiger partial charge in [-0.2, -0.15) is 0 Å². The summed E-state index contributed by atoms with van der Waals surface area (Å²) in [7, 11) is 0. The highest BCUT2D eigenvalue weighted by Gasteiger charge is 2.23. The van der Waals surface area contributed by atoms with Crippen LogP contribution in [0.1, 0.15) is 47.0 Å². The van der Waals surface area contributed by atoms with Crippen LogP contribution < -0.4 is 5.73 Å². The molecular weight excluding hydrogens is 198 g/mol. The standard InChI is InChI=1S/C13H27N3/c1-11(2)10-15-12(14)16-8-5-6-13(3,4)7-9-16/h11H,5-10H2,1-4H3,(H2,14,15). The summed E-state index contributed by atoms with van der Waals surface area (Å²) in [5.41, 5.74) is 6.50. The van der Waals surface area contributed by atoms with Crippen LogP contribution in [0, 0.1) is 11.3 Å². The Morgan fingerprint density at radius 1 is 1.31 bits per heavy atom. The molecule has 0 unspecified atom stereocenters. The Morgan fingerprint density at radius 2 is 2.00 bits per heavy atom. The monoisotopic (exact) mass is 225 g/mol. The Bertz CT molecular complexity index is 244. The van der Waals surface area contributed by atoms with Crippen molar-refractivity contribution in [2.45, 2.75) is 47.0 Å². The summed E-state index contributed by atoms with van der Waals surface area (Å²) in [6, 6.07) is 0. The largest absolute Gasteiger partial charge is 0.370 e. The maximum Gasteiger partial charge on any atom is 0.191 e. The van der Waals surface area contributed by atoms with E-state index in [9.17, 15) is 0 Å². The number of nitrogens with two attached hydrogens (primary N) is 1. The van der Waals surface area contributed by atoms with Gasteiger partial charge >= 0.3 is 0 Å². The van der Waals surface area contributed by atoms with Crippen molar-refractivity contribution < 1.29 is 0 Å². The fraction of sp³-hybridized carbons (Fsp3) is 0.923. The van der Waals surface area contributed by atoms with Crippen molar-refractivity contribution >= 4 is 5.96 Å². The number of likely N-dealkylation sites (tertiary alicyclic amines) is 1. The molecule has 0 radical (unpaired) electrons. The summed E-state index contributed by atoms with van der Waals surface area (Å²) in [6.45, 7) is 12.0. The van der Waals surface area contributed by atoms with Crippen molar-refractivity contribution in [2.24, 2.45) is 22.1 Å². The number of rotatable bonds is 2. The van der Waals surface area contributed by atoms with E-state index in [0.29, 0.717) is 11.3 Å². The van der Waals surface area contributed by atoms with Gasteiger partial charge in [0, 0.05) is 19.6 Å². The quantitative estimate of drug-likeness (QED) is 0.579. The molecule has 0 aliphatic carbocycles. The summed E-state index contributed by atoms with van der Waals surface area (Å²) in [5.74, 6) is 1.33. The van der Waals surface area contributed by atoms with Gasteiger partial charge in [0.15, 0.2) is 5.96 Å². The molecule has 0 spiro atoms. The number of hydrogen-bond donors (Lipinski definition) is 1. The highest BCUT2D eigenvalue weighted by Crippen LogP contribution is 2.29. The predicted molar refractivity (Wildman–Crippen MR) is 70.5 cm³/mol. The fourth-order valence-electron chi connectivity index (χ4n) is 2.03. The second-order valence-electron chi connectivity index (χ2n) is 6.10. The zero-order valence-electron chi connectivity index (χ0n) is 11.3. The third kappa shape index (κ3) is 4.42. The molecule has 0 atom stereocenters. The molecule has 1 heterocycles. The van der Waals surface area contributed by atoms with Gasteiger partial charge in [-0.3, -0.25) is 4.99 Å². The third-order valence-electron chi connectivity index (χ3n) is 3.28. The first-order valence-electron chi connectivity index (χ1n) is 6.45. The van der Waals surface area contributed by atoms with E-state index in [4.69, 9.17) is 5.73 Å². The van der Waals surface area contributed by atoms with Gasteiger partial charge in [0.25, 0.3) is 0 Å². The molecule has 2 N–H and O–H groups in total. The number of hydrogen-bond acceptors (Lipinski definition) is 1. The molecular formula is C13H27N3. The van der Waals surface area contributed by atoms with Crippen molar-refractivity contribution in [3.8, 4) is 0 Å². The lowest BCUT2D eigenvalue weighted by atomic mass is 9.85. The van der Waals surface area contributed by atoms with Crippen molar-refractivity contribution in [3.05, 3.63) is 0 Å². The first-order valence-corrected chi connectivity index (χ1v) is 6.45. The maximum absolute atomic E-state index is 6.03. The topological polar surface area (TPSA) is 41.6 Å². The molecule has 0 aromatic carbocycles. The van der Waals surface area contributed by atoms with Crippen molar-refractivity contribution in [1.29, 1.82) is 0 Å².